The molecule has 62 valence electrons. The molecule has 2 heteroatoms. The van der Waals surface area contributed by atoms with Crippen molar-refractivity contribution in [3.05, 3.63) is 17.5 Å². The van der Waals surface area contributed by atoms with Crippen molar-refractivity contribution in [1.82, 2.24) is 9.78 Å². The summed E-state index contributed by atoms with van der Waals surface area (Å²) in [5.41, 5.74) is 2.47. The van der Waals surface area contributed by atoms with E-state index in [2.05, 4.69) is 17.9 Å². The molecule has 1 aliphatic carbocycles. The molecule has 0 bridgehead atoms. The molecule has 0 spiro atoms. The van der Waals surface area contributed by atoms with Crippen LogP contribution in [-0.4, -0.2) is 9.78 Å². The minimum atomic E-state index is 0.0231. The number of aryl methyl sites for hydroxylation is 2. The van der Waals surface area contributed by atoms with Gasteiger partial charge in [-0.2, -0.15) is 5.10 Å². The standard InChI is InChI=1S/C10H12N2/c1-4-10(5-6-10)9-8(2)7-11-12(9)3/h1,7H,5-6H2,2-3H3. The van der Waals surface area contributed by atoms with Gasteiger partial charge in [0.15, 0.2) is 0 Å². The van der Waals surface area contributed by atoms with Crippen LogP contribution in [0.25, 0.3) is 0 Å². The van der Waals surface area contributed by atoms with Gasteiger partial charge < -0.3 is 0 Å². The molecule has 0 unspecified atom stereocenters. The molecule has 0 atom stereocenters. The van der Waals surface area contributed by atoms with Gasteiger partial charge >= 0.3 is 0 Å². The second-order valence-electron chi connectivity index (χ2n) is 3.53. The van der Waals surface area contributed by atoms with Gasteiger partial charge in [0.25, 0.3) is 0 Å². The second kappa shape index (κ2) is 2.13. The number of terminal acetylenes is 1. The average molecular weight is 160 g/mol. The van der Waals surface area contributed by atoms with Gasteiger partial charge in [0.1, 0.15) is 0 Å². The number of rotatable bonds is 1. The summed E-state index contributed by atoms with van der Waals surface area (Å²) < 4.78 is 1.90. The van der Waals surface area contributed by atoms with E-state index in [9.17, 15) is 0 Å². The van der Waals surface area contributed by atoms with E-state index in [4.69, 9.17) is 6.42 Å². The van der Waals surface area contributed by atoms with Crippen molar-refractivity contribution in [2.45, 2.75) is 25.2 Å². The molecule has 1 aromatic rings. The Kier molecular flexibility index (Phi) is 1.32. The molecule has 1 fully saturated rings. The molecule has 0 amide bonds. The summed E-state index contributed by atoms with van der Waals surface area (Å²) in [5, 5.41) is 4.19. The van der Waals surface area contributed by atoms with Crippen molar-refractivity contribution in [3.8, 4) is 12.3 Å². The zero-order valence-corrected chi connectivity index (χ0v) is 7.46. The van der Waals surface area contributed by atoms with Gasteiger partial charge in [0.2, 0.25) is 0 Å². The molecule has 2 rings (SSSR count). The lowest BCUT2D eigenvalue weighted by Gasteiger charge is -2.09. The number of aromatic nitrogens is 2. The Morgan fingerprint density at radius 2 is 2.33 bits per heavy atom. The summed E-state index contributed by atoms with van der Waals surface area (Å²) in [6.45, 7) is 2.07. The molecule has 0 aliphatic heterocycles. The van der Waals surface area contributed by atoms with E-state index in [0.29, 0.717) is 0 Å². The molecule has 0 aromatic carbocycles. The fourth-order valence-corrected chi connectivity index (χ4v) is 1.81. The Balaban J connectivity index is 2.54. The first-order valence-corrected chi connectivity index (χ1v) is 4.16. The lowest BCUT2D eigenvalue weighted by atomic mass is 10.0. The first-order valence-electron chi connectivity index (χ1n) is 4.16. The van der Waals surface area contributed by atoms with Crippen LogP contribution in [0.3, 0.4) is 0 Å². The molecule has 0 saturated heterocycles. The van der Waals surface area contributed by atoms with Gasteiger partial charge in [0.05, 0.1) is 17.3 Å². The van der Waals surface area contributed by atoms with Gasteiger partial charge in [-0.3, -0.25) is 4.68 Å². The van der Waals surface area contributed by atoms with E-state index in [1.165, 1.54) is 11.3 Å². The Morgan fingerprint density at radius 1 is 1.67 bits per heavy atom. The minimum absolute atomic E-state index is 0.0231. The highest BCUT2D eigenvalue weighted by Crippen LogP contribution is 2.48. The molecule has 2 nitrogen and oxygen atoms in total. The molecular formula is C10H12N2. The Hall–Kier alpha value is -1.23. The summed E-state index contributed by atoms with van der Waals surface area (Å²) in [7, 11) is 1.96. The predicted molar refractivity (Wildman–Crippen MR) is 47.7 cm³/mol. The third-order valence-corrected chi connectivity index (χ3v) is 2.60. The van der Waals surface area contributed by atoms with Crippen molar-refractivity contribution >= 4 is 0 Å². The first kappa shape index (κ1) is 7.42. The van der Waals surface area contributed by atoms with Gasteiger partial charge in [0, 0.05) is 7.05 Å². The molecule has 12 heavy (non-hydrogen) atoms. The number of hydrogen-bond acceptors (Lipinski definition) is 1. The largest absolute Gasteiger partial charge is 0.271 e. The Labute approximate surface area is 72.6 Å². The van der Waals surface area contributed by atoms with E-state index >= 15 is 0 Å². The monoisotopic (exact) mass is 160 g/mol. The van der Waals surface area contributed by atoms with Crippen molar-refractivity contribution in [1.29, 1.82) is 0 Å². The summed E-state index contributed by atoms with van der Waals surface area (Å²) in [6.07, 6.45) is 9.62. The highest BCUT2D eigenvalue weighted by Gasteiger charge is 2.45. The zero-order chi connectivity index (χ0) is 8.77. The van der Waals surface area contributed by atoms with Gasteiger partial charge in [-0.1, -0.05) is 5.92 Å². The molecular weight excluding hydrogens is 148 g/mol. The van der Waals surface area contributed by atoms with E-state index in [1.807, 2.05) is 17.9 Å². The predicted octanol–water partition coefficient (Wildman–Crippen LogP) is 1.39. The van der Waals surface area contributed by atoms with Crippen LogP contribution < -0.4 is 0 Å². The van der Waals surface area contributed by atoms with Gasteiger partial charge in [-0.25, -0.2) is 0 Å². The molecule has 1 aliphatic rings. The van der Waals surface area contributed by atoms with Crippen LogP contribution in [0.1, 0.15) is 24.1 Å². The second-order valence-corrected chi connectivity index (χ2v) is 3.53. The van der Waals surface area contributed by atoms with Crippen LogP contribution in [0, 0.1) is 19.3 Å². The number of hydrogen-bond donors (Lipinski definition) is 0. The Morgan fingerprint density at radius 3 is 2.67 bits per heavy atom. The fraction of sp³-hybridized carbons (Fsp3) is 0.500. The lowest BCUT2D eigenvalue weighted by molar-refractivity contribution is 0.676. The normalized spacial score (nSPS) is 18.8. The Bertz CT molecular complexity index is 331. The quantitative estimate of drug-likeness (QED) is 0.568. The van der Waals surface area contributed by atoms with Crippen LogP contribution in [0.4, 0.5) is 0 Å². The van der Waals surface area contributed by atoms with Crippen LogP contribution in [0.15, 0.2) is 6.20 Å². The topological polar surface area (TPSA) is 17.8 Å². The third kappa shape index (κ3) is 0.797. The van der Waals surface area contributed by atoms with Gasteiger partial charge in [-0.15, -0.1) is 6.42 Å². The molecule has 1 aromatic heterocycles. The van der Waals surface area contributed by atoms with Crippen LogP contribution in [0.2, 0.25) is 0 Å². The SMILES string of the molecule is C#CC1(c2c(C)cnn2C)CC1. The van der Waals surface area contributed by atoms with Crippen LogP contribution >= 0.6 is 0 Å². The van der Waals surface area contributed by atoms with Crippen LogP contribution in [-0.2, 0) is 12.5 Å². The lowest BCUT2D eigenvalue weighted by Crippen LogP contribution is -2.11. The average Bonchev–Trinajstić information content (AvgIpc) is 2.77. The van der Waals surface area contributed by atoms with Crippen LogP contribution in [0.5, 0.6) is 0 Å². The fourth-order valence-electron chi connectivity index (χ4n) is 1.81. The maximum absolute atomic E-state index is 5.51. The molecule has 0 radical (unpaired) electrons. The van der Waals surface area contributed by atoms with Crippen molar-refractivity contribution in [2.75, 3.05) is 0 Å². The maximum Gasteiger partial charge on any atom is 0.0732 e. The molecule has 1 heterocycles. The highest BCUT2D eigenvalue weighted by atomic mass is 15.3. The van der Waals surface area contributed by atoms with Crippen molar-refractivity contribution < 1.29 is 0 Å². The maximum atomic E-state index is 5.51. The smallest absolute Gasteiger partial charge is 0.0732 e. The molecule has 0 N–H and O–H groups in total. The summed E-state index contributed by atoms with van der Waals surface area (Å²) in [4.78, 5) is 0. The summed E-state index contributed by atoms with van der Waals surface area (Å²) >= 11 is 0. The zero-order valence-electron chi connectivity index (χ0n) is 7.46. The number of nitrogens with zero attached hydrogens (tertiary/aromatic N) is 2. The van der Waals surface area contributed by atoms with Crippen molar-refractivity contribution in [3.63, 3.8) is 0 Å². The first-order chi connectivity index (χ1) is 5.69. The third-order valence-electron chi connectivity index (χ3n) is 2.60. The summed E-state index contributed by atoms with van der Waals surface area (Å²) in [6, 6.07) is 0. The van der Waals surface area contributed by atoms with E-state index < -0.39 is 0 Å². The molecule has 1 saturated carbocycles. The summed E-state index contributed by atoms with van der Waals surface area (Å²) in [5.74, 6) is 2.88. The highest BCUT2D eigenvalue weighted by molar-refractivity contribution is 5.40. The van der Waals surface area contributed by atoms with Gasteiger partial charge in [-0.05, 0) is 25.3 Å². The van der Waals surface area contributed by atoms with E-state index in [0.717, 1.165) is 12.8 Å². The van der Waals surface area contributed by atoms with Crippen molar-refractivity contribution in [2.24, 2.45) is 7.05 Å². The van der Waals surface area contributed by atoms with E-state index in [-0.39, 0.29) is 5.41 Å². The van der Waals surface area contributed by atoms with E-state index in [1.54, 1.807) is 0 Å². The minimum Gasteiger partial charge on any atom is -0.271 e.